The molecule has 1 aromatic heterocycles. The van der Waals surface area contributed by atoms with Crippen LogP contribution in [0.1, 0.15) is 116 Å². The SMILES string of the molecule is C=C[C@@H]1C[C@]1(CC(=O)[C@@H]1C[C@@H]2CN1C(=O)[C@H](C(C)(C)C)CC(=O)O[C@@H]1CCC[C@H]1CCCCCc1c(nc3ccccc3c1OCCN1CCOCC1)O2)C(=O)NS(=O)(=O)N1CCCCC1. The minimum atomic E-state index is -4.13. The van der Waals surface area contributed by atoms with Crippen LogP contribution in [0.5, 0.6) is 11.6 Å². The number of fused-ring (bicyclic) bond motifs is 5. The molecule has 0 unspecified atom stereocenters. The van der Waals surface area contributed by atoms with Crippen LogP contribution in [0.2, 0.25) is 0 Å². The van der Waals surface area contributed by atoms with Gasteiger partial charge >= 0.3 is 16.2 Å². The molecule has 5 fully saturated rings. The van der Waals surface area contributed by atoms with Gasteiger partial charge in [-0.2, -0.15) is 12.7 Å². The molecule has 362 valence electrons. The second kappa shape index (κ2) is 20.6. The third-order valence-electron chi connectivity index (χ3n) is 15.2. The van der Waals surface area contributed by atoms with Crippen LogP contribution in [0, 0.1) is 28.6 Å². The molecule has 0 radical (unpaired) electrons. The molecule has 2 amide bonds. The first kappa shape index (κ1) is 48.3. The number of esters is 1. The lowest BCUT2D eigenvalue weighted by molar-refractivity contribution is -0.158. The summed E-state index contributed by atoms with van der Waals surface area (Å²) in [4.78, 5) is 67.0. The molecule has 2 bridgehead atoms. The van der Waals surface area contributed by atoms with E-state index in [0.29, 0.717) is 63.6 Å². The van der Waals surface area contributed by atoms with Crippen LogP contribution >= 0.6 is 0 Å². The highest BCUT2D eigenvalue weighted by Crippen LogP contribution is 2.57. The van der Waals surface area contributed by atoms with Gasteiger partial charge in [0, 0.05) is 51.0 Å². The number of nitrogens with one attached hydrogen (secondary N) is 1. The Balaban J connectivity index is 1.13. The van der Waals surface area contributed by atoms with Gasteiger partial charge in [-0.1, -0.05) is 58.2 Å². The molecule has 2 aliphatic carbocycles. The molecule has 0 spiro atoms. The lowest BCUT2D eigenvalue weighted by atomic mass is 9.77. The topological polar surface area (TPSA) is 174 Å². The van der Waals surface area contributed by atoms with Crippen molar-refractivity contribution < 1.29 is 46.5 Å². The minimum absolute atomic E-state index is 0.0379. The molecule has 16 heteroatoms. The first-order valence-electron chi connectivity index (χ1n) is 24.7. The Bertz CT molecular complexity index is 2220. The summed E-state index contributed by atoms with van der Waals surface area (Å²) in [5, 5.41) is 0.885. The standard InChI is InChI=1S/C50H71N5O10S/c1-5-35-31-50(35,48(59)52-66(60,61)54-21-12-7-13-22-54)32-42(56)41-29-36-33-55(41)47(58)39(49(2,3)4)30-44(57)65-43-20-14-16-34(43)15-8-6-9-18-38-45(63-28-25-53-23-26-62-27-24-53)37-17-10-11-19-40(37)51-46(38)64-36/h5,10-11,17,19,34-36,39,41,43H,1,6-9,12-16,18,20-33H2,2-4H3,(H,52,59)/t34-,35-,36-,39-,41+,43-,50-/m1/s1. The van der Waals surface area contributed by atoms with Gasteiger partial charge in [-0.3, -0.25) is 24.1 Å². The average molecular weight is 934 g/mol. The molecule has 15 nitrogen and oxygen atoms in total. The Hall–Kier alpha value is -4.12. The van der Waals surface area contributed by atoms with E-state index in [-0.39, 0.29) is 55.9 Å². The smallest absolute Gasteiger partial charge is 0.306 e. The summed E-state index contributed by atoms with van der Waals surface area (Å²) in [5.74, 6) is -1.77. The summed E-state index contributed by atoms with van der Waals surface area (Å²) >= 11 is 0. The van der Waals surface area contributed by atoms with E-state index in [1.165, 1.54) is 4.31 Å². The highest BCUT2D eigenvalue weighted by molar-refractivity contribution is 7.87. The molecule has 7 atom stereocenters. The van der Waals surface area contributed by atoms with Crippen molar-refractivity contribution >= 4 is 44.7 Å². The number of hydrogen-bond acceptors (Lipinski definition) is 12. The predicted molar refractivity (Wildman–Crippen MR) is 249 cm³/mol. The number of carbonyl (C=O) groups is 4. The maximum absolute atomic E-state index is 15.1. The molecule has 1 N–H and O–H groups in total. The molecule has 3 saturated heterocycles. The number of hydrogen-bond donors (Lipinski definition) is 1. The second-order valence-electron chi connectivity index (χ2n) is 20.7. The number of carbonyl (C=O) groups excluding carboxylic acids is 4. The van der Waals surface area contributed by atoms with Gasteiger partial charge in [0.2, 0.25) is 17.7 Å². The Labute approximate surface area is 390 Å². The van der Waals surface area contributed by atoms with Gasteiger partial charge in [0.05, 0.1) is 54.6 Å². The number of amides is 2. The number of rotatable bonds is 11. The normalized spacial score (nSPS) is 29.7. The van der Waals surface area contributed by atoms with E-state index in [1.54, 1.807) is 11.0 Å². The Morgan fingerprint density at radius 2 is 1.71 bits per heavy atom. The lowest BCUT2D eigenvalue weighted by Crippen LogP contribution is -2.50. The van der Waals surface area contributed by atoms with Crippen LogP contribution < -0.4 is 14.2 Å². The summed E-state index contributed by atoms with van der Waals surface area (Å²) in [7, 11) is -4.13. The van der Waals surface area contributed by atoms with E-state index in [4.69, 9.17) is 23.9 Å². The number of ketones is 1. The molecule has 4 aliphatic heterocycles. The fraction of sp³-hybridized carbons (Fsp3) is 0.700. The van der Waals surface area contributed by atoms with Crippen molar-refractivity contribution in [2.24, 2.45) is 28.6 Å². The lowest BCUT2D eigenvalue weighted by Gasteiger charge is -2.35. The maximum atomic E-state index is 15.1. The maximum Gasteiger partial charge on any atom is 0.306 e. The number of nitrogens with zero attached hydrogens (tertiary/aromatic N) is 4. The highest BCUT2D eigenvalue weighted by Gasteiger charge is 2.61. The van der Waals surface area contributed by atoms with Crippen LogP contribution in [-0.4, -0.2) is 128 Å². The van der Waals surface area contributed by atoms with E-state index in [1.807, 2.05) is 45.0 Å². The Morgan fingerprint density at radius 1 is 0.970 bits per heavy atom. The van der Waals surface area contributed by atoms with E-state index in [2.05, 4.69) is 16.2 Å². The molecule has 5 heterocycles. The molecule has 6 aliphatic rings. The first-order valence-corrected chi connectivity index (χ1v) is 26.1. The summed E-state index contributed by atoms with van der Waals surface area (Å²) in [6.45, 7) is 14.6. The van der Waals surface area contributed by atoms with E-state index in [0.717, 1.165) is 87.7 Å². The van der Waals surface area contributed by atoms with Crippen LogP contribution in [0.25, 0.3) is 10.9 Å². The van der Waals surface area contributed by atoms with E-state index >= 15 is 4.79 Å². The van der Waals surface area contributed by atoms with Crippen molar-refractivity contribution in [1.29, 1.82) is 0 Å². The quantitative estimate of drug-likeness (QED) is 0.201. The number of benzene rings is 1. The molecule has 2 saturated carbocycles. The number of pyridine rings is 1. The Kier molecular flexibility index (Phi) is 15.1. The van der Waals surface area contributed by atoms with Crippen molar-refractivity contribution in [2.75, 3.05) is 59.1 Å². The van der Waals surface area contributed by atoms with Crippen LogP contribution in [0.3, 0.4) is 0 Å². The zero-order chi connectivity index (χ0) is 46.6. The molecule has 8 rings (SSSR count). The van der Waals surface area contributed by atoms with Gasteiger partial charge in [0.1, 0.15) is 24.6 Å². The van der Waals surface area contributed by atoms with Crippen molar-refractivity contribution in [3.05, 3.63) is 42.5 Å². The van der Waals surface area contributed by atoms with Gasteiger partial charge in [-0.15, -0.1) is 6.58 Å². The van der Waals surface area contributed by atoms with Crippen LogP contribution in [0.4, 0.5) is 0 Å². The number of ether oxygens (including phenoxy) is 4. The Morgan fingerprint density at radius 3 is 2.45 bits per heavy atom. The number of Topliss-reactive ketones (excluding diaryl/α,β-unsaturated/α-hetero) is 1. The summed E-state index contributed by atoms with van der Waals surface area (Å²) in [6.07, 6.45) is 10.1. The molecule has 1 aromatic carbocycles. The van der Waals surface area contributed by atoms with Gasteiger partial charge in [-0.25, -0.2) is 9.71 Å². The molecule has 66 heavy (non-hydrogen) atoms. The first-order chi connectivity index (χ1) is 31.7. The number of aromatic nitrogens is 1. The van der Waals surface area contributed by atoms with Gasteiger partial charge < -0.3 is 23.8 Å². The summed E-state index contributed by atoms with van der Waals surface area (Å²) < 4.78 is 55.9. The zero-order valence-electron chi connectivity index (χ0n) is 39.3. The fourth-order valence-electron chi connectivity index (χ4n) is 11.1. The molecular weight excluding hydrogens is 863 g/mol. The van der Waals surface area contributed by atoms with Crippen molar-refractivity contribution in [3.8, 4) is 11.6 Å². The highest BCUT2D eigenvalue weighted by atomic mass is 32.2. The number of piperidine rings is 1. The van der Waals surface area contributed by atoms with E-state index in [9.17, 15) is 22.8 Å². The zero-order valence-corrected chi connectivity index (χ0v) is 40.1. The monoisotopic (exact) mass is 933 g/mol. The number of morpholine rings is 1. The van der Waals surface area contributed by atoms with Crippen molar-refractivity contribution in [2.45, 2.75) is 135 Å². The van der Waals surface area contributed by atoms with Gasteiger partial charge in [0.25, 0.3) is 0 Å². The molecule has 2 aromatic rings. The van der Waals surface area contributed by atoms with Gasteiger partial charge in [-0.05, 0) is 87.2 Å². The summed E-state index contributed by atoms with van der Waals surface area (Å²) in [5.41, 5.74) is -0.476. The second-order valence-corrected chi connectivity index (χ2v) is 22.4. The number of allylic oxidation sites excluding steroid dienone is 1. The average Bonchev–Trinajstić information content (AvgIpc) is 3.57. The largest absolute Gasteiger partial charge is 0.491 e. The molecular formula is C50H71N5O10S. The number of para-hydroxylation sites is 1. The van der Waals surface area contributed by atoms with Crippen molar-refractivity contribution in [3.63, 3.8) is 0 Å². The third-order valence-corrected chi connectivity index (χ3v) is 16.7. The minimum Gasteiger partial charge on any atom is -0.491 e. The van der Waals surface area contributed by atoms with Crippen molar-refractivity contribution in [1.82, 2.24) is 23.8 Å². The van der Waals surface area contributed by atoms with Crippen LogP contribution in [-0.2, 0) is 45.3 Å². The summed E-state index contributed by atoms with van der Waals surface area (Å²) in [6, 6.07) is 6.84. The van der Waals surface area contributed by atoms with Crippen LogP contribution in [0.15, 0.2) is 36.9 Å². The fourth-order valence-corrected chi connectivity index (χ4v) is 12.4. The van der Waals surface area contributed by atoms with Gasteiger partial charge in [0.15, 0.2) is 5.78 Å². The third kappa shape index (κ3) is 10.9. The van der Waals surface area contributed by atoms with E-state index < -0.39 is 56.9 Å². The predicted octanol–water partition coefficient (Wildman–Crippen LogP) is 6.17.